The Kier molecular flexibility index (Phi) is 5.03. The van der Waals surface area contributed by atoms with E-state index in [0.717, 1.165) is 13.1 Å². The molecule has 0 bridgehead atoms. The van der Waals surface area contributed by atoms with Crippen molar-refractivity contribution in [2.75, 3.05) is 39.5 Å². The molecule has 84 valence electrons. The number of nitrogens with one attached hydrogen (secondary N) is 1. The number of hydrogen-bond donors (Lipinski definition) is 1. The number of nitrogens with zero attached hydrogens (tertiary/aromatic N) is 1. The molecule has 0 aromatic carbocycles. The Morgan fingerprint density at radius 1 is 1.36 bits per heavy atom. The second-order valence-corrected chi connectivity index (χ2v) is 5.67. The van der Waals surface area contributed by atoms with E-state index in [9.17, 15) is 8.42 Å². The molecule has 0 spiro atoms. The highest BCUT2D eigenvalue weighted by Crippen LogP contribution is 2.10. The van der Waals surface area contributed by atoms with Gasteiger partial charge in [0, 0.05) is 19.6 Å². The maximum atomic E-state index is 11.3. The number of quaternary nitrogens is 1. The summed E-state index contributed by atoms with van der Waals surface area (Å²) in [5.74, 6) is 0. The molecule has 14 heavy (non-hydrogen) atoms. The summed E-state index contributed by atoms with van der Waals surface area (Å²) in [6, 6.07) is 0. The molecule has 1 aliphatic heterocycles. The normalized spacial score (nSPS) is 20.4. The highest BCUT2D eigenvalue weighted by Gasteiger charge is 2.34. The van der Waals surface area contributed by atoms with Crippen LogP contribution in [0, 0.1) is 0 Å². The van der Waals surface area contributed by atoms with Gasteiger partial charge < -0.3 is 15.2 Å². The van der Waals surface area contributed by atoms with E-state index < -0.39 is 16.5 Å². The minimum atomic E-state index is -2.93. The van der Waals surface area contributed by atoms with Crippen LogP contribution in [-0.4, -0.2) is 58.3 Å². The first-order chi connectivity index (χ1) is 6.37. The molecule has 0 saturated carbocycles. The third-order valence-corrected chi connectivity index (χ3v) is 4.29. The van der Waals surface area contributed by atoms with E-state index in [-0.39, 0.29) is 3.89 Å². The topological polar surface area (TPSA) is 86.3 Å². The van der Waals surface area contributed by atoms with Crippen LogP contribution in [0.3, 0.4) is 0 Å². The molecule has 6 nitrogen and oxygen atoms in total. The van der Waals surface area contributed by atoms with E-state index in [2.05, 4.69) is 5.32 Å². The summed E-state index contributed by atoms with van der Waals surface area (Å²) in [6.07, 6.45) is 1.30. The van der Waals surface area contributed by atoms with Crippen LogP contribution < -0.4 is 10.4 Å². The molecule has 7 heteroatoms. The quantitative estimate of drug-likeness (QED) is 0.389. The van der Waals surface area contributed by atoms with Gasteiger partial charge in [-0.3, -0.25) is 0 Å². The molecule has 0 unspecified atom stereocenters. The molecule has 0 aromatic rings. The maximum absolute atomic E-state index is 11.3. The minimum Gasteiger partial charge on any atom is -0.554 e. The predicted octanol–water partition coefficient (Wildman–Crippen LogP) is -2.64. The van der Waals surface area contributed by atoms with Crippen LogP contribution in [0.1, 0.15) is 0 Å². The van der Waals surface area contributed by atoms with Crippen LogP contribution in [0.25, 0.3) is 0 Å². The fourth-order valence-corrected chi connectivity index (χ4v) is 2.05. The standard InChI is InChI=1S/C6H15N2O2S.CH2O2/c1-8(11(2,9)10)5-3-7-4-6-8;2-1-3/h7H,3-6H2,1-2H3;1H,(H,2,3)/q+1;/p-1. The first-order valence-electron chi connectivity index (χ1n) is 4.18. The SMILES string of the molecule is C[N+]1(S(C)(=O)=O)CCNCC1.O=C[O-]. The second-order valence-electron chi connectivity index (χ2n) is 3.32. The molecule has 1 rings (SSSR count). The van der Waals surface area contributed by atoms with Crippen LogP contribution in [-0.2, 0) is 14.8 Å². The van der Waals surface area contributed by atoms with Crippen molar-refractivity contribution in [1.29, 1.82) is 0 Å². The average Bonchev–Trinajstić information content (AvgIpc) is 2.05. The van der Waals surface area contributed by atoms with Crippen molar-refractivity contribution in [3.8, 4) is 0 Å². The summed E-state index contributed by atoms with van der Waals surface area (Å²) in [5, 5.41) is 11.4. The average molecular weight is 224 g/mol. The molecule has 0 radical (unpaired) electrons. The first kappa shape index (κ1) is 13.3. The summed E-state index contributed by atoms with van der Waals surface area (Å²) >= 11 is 0. The largest absolute Gasteiger partial charge is 0.554 e. The van der Waals surface area contributed by atoms with Crippen LogP contribution in [0.5, 0.6) is 0 Å². The van der Waals surface area contributed by atoms with E-state index in [1.54, 1.807) is 7.05 Å². The van der Waals surface area contributed by atoms with Gasteiger partial charge in [0.15, 0.2) is 0 Å². The van der Waals surface area contributed by atoms with Gasteiger partial charge in [-0.05, 0) is 0 Å². The Hall–Kier alpha value is -0.660. The molecule has 1 aliphatic rings. The first-order valence-corrected chi connectivity index (χ1v) is 6.03. The Morgan fingerprint density at radius 2 is 1.71 bits per heavy atom. The summed E-state index contributed by atoms with van der Waals surface area (Å²) in [7, 11) is -1.15. The van der Waals surface area contributed by atoms with Crippen LogP contribution >= 0.6 is 0 Å². The molecular weight excluding hydrogens is 208 g/mol. The van der Waals surface area contributed by atoms with Gasteiger partial charge in [0.2, 0.25) is 0 Å². The Morgan fingerprint density at radius 3 is 1.93 bits per heavy atom. The number of carbonyl (C=O) groups is 1. The maximum Gasteiger partial charge on any atom is 0.294 e. The molecule has 0 aliphatic carbocycles. The van der Waals surface area contributed by atoms with Gasteiger partial charge in [-0.2, -0.15) is 8.42 Å². The monoisotopic (exact) mass is 224 g/mol. The van der Waals surface area contributed by atoms with Crippen molar-refractivity contribution in [1.82, 2.24) is 5.32 Å². The van der Waals surface area contributed by atoms with Gasteiger partial charge >= 0.3 is 0 Å². The smallest absolute Gasteiger partial charge is 0.294 e. The number of sulfonamides is 1. The number of rotatable bonds is 1. The summed E-state index contributed by atoms with van der Waals surface area (Å²) < 4.78 is 22.7. The summed E-state index contributed by atoms with van der Waals surface area (Å²) in [5.41, 5.74) is 0. The van der Waals surface area contributed by atoms with E-state index >= 15 is 0 Å². The number of carbonyl (C=O) groups excluding carboxylic acids is 1. The number of carboxylic acid groups (broad SMARTS) is 1. The fourth-order valence-electron chi connectivity index (χ4n) is 1.20. The molecule has 1 heterocycles. The molecule has 1 fully saturated rings. The molecule has 0 aromatic heterocycles. The van der Waals surface area contributed by atoms with Crippen LogP contribution in [0.4, 0.5) is 0 Å². The zero-order valence-electron chi connectivity index (χ0n) is 8.39. The Balaban J connectivity index is 0.000000500. The van der Waals surface area contributed by atoms with Crippen molar-refractivity contribution in [3.63, 3.8) is 0 Å². The Bertz CT molecular complexity index is 269. The van der Waals surface area contributed by atoms with Gasteiger partial charge in [-0.1, -0.05) is 0 Å². The lowest BCUT2D eigenvalue weighted by molar-refractivity contribution is -0.786. The molecule has 0 atom stereocenters. The van der Waals surface area contributed by atoms with Gasteiger partial charge in [0.1, 0.15) is 13.1 Å². The van der Waals surface area contributed by atoms with Crippen molar-refractivity contribution < 1.29 is 22.2 Å². The molecule has 1 saturated heterocycles. The van der Waals surface area contributed by atoms with Gasteiger partial charge in [0.05, 0.1) is 13.3 Å². The summed E-state index contributed by atoms with van der Waals surface area (Å²) in [4.78, 5) is 8.25. The third kappa shape index (κ3) is 3.60. The minimum absolute atomic E-state index is 0.181. The van der Waals surface area contributed by atoms with E-state index in [4.69, 9.17) is 9.90 Å². The third-order valence-electron chi connectivity index (χ3n) is 2.32. The van der Waals surface area contributed by atoms with Gasteiger partial charge in [0.25, 0.3) is 10.0 Å². The van der Waals surface area contributed by atoms with Gasteiger partial charge in [-0.15, -0.1) is 0 Å². The Labute approximate surface area is 84.2 Å². The lowest BCUT2D eigenvalue weighted by Crippen LogP contribution is -2.58. The van der Waals surface area contributed by atoms with Crippen molar-refractivity contribution in [2.24, 2.45) is 0 Å². The van der Waals surface area contributed by atoms with Crippen LogP contribution in [0.15, 0.2) is 0 Å². The zero-order chi connectivity index (χ0) is 11.2. The summed E-state index contributed by atoms with van der Waals surface area (Å²) in [6.45, 7) is 2.45. The number of likely N-dealkylation sites (N-methyl/N-ethyl adjacent to an activating group) is 1. The second kappa shape index (κ2) is 5.28. The number of piperazine rings is 1. The van der Waals surface area contributed by atoms with E-state index in [1.807, 2.05) is 0 Å². The lowest BCUT2D eigenvalue weighted by Gasteiger charge is -2.34. The van der Waals surface area contributed by atoms with E-state index in [0.29, 0.717) is 13.1 Å². The fraction of sp³-hybridized carbons (Fsp3) is 0.857. The van der Waals surface area contributed by atoms with Gasteiger partial charge in [-0.25, -0.2) is 3.89 Å². The van der Waals surface area contributed by atoms with Crippen molar-refractivity contribution in [3.05, 3.63) is 0 Å². The molecule has 0 amide bonds. The van der Waals surface area contributed by atoms with Crippen LogP contribution in [0.2, 0.25) is 0 Å². The van der Waals surface area contributed by atoms with E-state index in [1.165, 1.54) is 6.26 Å². The molecule has 1 N–H and O–H groups in total. The zero-order valence-corrected chi connectivity index (χ0v) is 9.21. The highest BCUT2D eigenvalue weighted by atomic mass is 32.2. The van der Waals surface area contributed by atoms with Crippen molar-refractivity contribution in [2.45, 2.75) is 0 Å². The molecular formula is C7H16N2O4S. The number of hydrogen-bond acceptors (Lipinski definition) is 5. The van der Waals surface area contributed by atoms with Crippen molar-refractivity contribution >= 4 is 16.5 Å². The highest BCUT2D eigenvalue weighted by molar-refractivity contribution is 7.85. The lowest BCUT2D eigenvalue weighted by atomic mass is 10.4. The predicted molar refractivity (Wildman–Crippen MR) is 49.7 cm³/mol.